The topological polar surface area (TPSA) is 69.0 Å². The van der Waals surface area contributed by atoms with Crippen LogP contribution >= 0.6 is 0 Å². The molecule has 1 N–H and O–H groups in total. The minimum absolute atomic E-state index is 0.125. The molecular formula is C20H28N4O2. The zero-order valence-electron chi connectivity index (χ0n) is 16.5. The third-order valence-corrected chi connectivity index (χ3v) is 4.76. The van der Waals surface area contributed by atoms with Crippen LogP contribution in [0.2, 0.25) is 0 Å². The van der Waals surface area contributed by atoms with Crippen LogP contribution in [-0.4, -0.2) is 27.8 Å². The van der Waals surface area contributed by atoms with E-state index in [9.17, 15) is 4.79 Å². The van der Waals surface area contributed by atoms with Gasteiger partial charge in [0.25, 0.3) is 5.91 Å². The minimum Gasteiger partial charge on any atom is -0.496 e. The fraction of sp³-hybridized carbons (Fsp3) is 0.550. The highest BCUT2D eigenvalue weighted by Gasteiger charge is 2.31. The number of amides is 1. The highest BCUT2D eigenvalue weighted by Crippen LogP contribution is 2.40. The summed E-state index contributed by atoms with van der Waals surface area (Å²) in [5.41, 5.74) is 4.13. The van der Waals surface area contributed by atoms with Crippen LogP contribution in [0.1, 0.15) is 72.5 Å². The van der Waals surface area contributed by atoms with E-state index >= 15 is 0 Å². The lowest BCUT2D eigenvalue weighted by Crippen LogP contribution is -2.32. The summed E-state index contributed by atoms with van der Waals surface area (Å²) in [7, 11) is 1.65. The quantitative estimate of drug-likeness (QED) is 0.891. The van der Waals surface area contributed by atoms with Crippen molar-refractivity contribution in [1.29, 1.82) is 0 Å². The Hall–Kier alpha value is -2.37. The second kappa shape index (κ2) is 6.74. The predicted octanol–water partition coefficient (Wildman–Crippen LogP) is 3.47. The molecule has 2 aromatic rings. The summed E-state index contributed by atoms with van der Waals surface area (Å²) in [6, 6.07) is 1.94. The van der Waals surface area contributed by atoms with E-state index in [1.54, 1.807) is 13.3 Å². The van der Waals surface area contributed by atoms with Crippen molar-refractivity contribution in [1.82, 2.24) is 20.1 Å². The van der Waals surface area contributed by atoms with Crippen molar-refractivity contribution in [3.8, 4) is 5.75 Å². The normalized spacial score (nSPS) is 14.4. The molecule has 1 amide bonds. The summed E-state index contributed by atoms with van der Waals surface area (Å²) in [6.07, 6.45) is 4.10. The predicted molar refractivity (Wildman–Crippen MR) is 101 cm³/mol. The monoisotopic (exact) mass is 356 g/mol. The van der Waals surface area contributed by atoms with Crippen molar-refractivity contribution in [2.45, 2.75) is 65.5 Å². The molecule has 0 saturated heterocycles. The Kier molecular flexibility index (Phi) is 4.78. The third kappa shape index (κ3) is 3.59. The Morgan fingerprint density at radius 1 is 1.35 bits per heavy atom. The summed E-state index contributed by atoms with van der Waals surface area (Å²) < 4.78 is 7.28. The maximum absolute atomic E-state index is 12.8. The molecule has 6 nitrogen and oxygen atoms in total. The Morgan fingerprint density at radius 3 is 2.62 bits per heavy atom. The number of hydrogen-bond donors (Lipinski definition) is 1. The number of aryl methyl sites for hydroxylation is 1. The number of hydrogen-bond acceptors (Lipinski definition) is 4. The van der Waals surface area contributed by atoms with E-state index in [0.29, 0.717) is 18.2 Å². The molecule has 0 aliphatic heterocycles. The van der Waals surface area contributed by atoms with Crippen LogP contribution in [0.25, 0.3) is 0 Å². The van der Waals surface area contributed by atoms with Crippen molar-refractivity contribution < 1.29 is 9.53 Å². The first kappa shape index (κ1) is 18.4. The van der Waals surface area contributed by atoms with Gasteiger partial charge < -0.3 is 10.1 Å². The van der Waals surface area contributed by atoms with Crippen molar-refractivity contribution in [3.05, 3.63) is 40.5 Å². The average molecular weight is 356 g/mol. The molecule has 3 rings (SSSR count). The zero-order valence-corrected chi connectivity index (χ0v) is 16.5. The number of nitrogens with one attached hydrogen (secondary N) is 1. The molecule has 0 unspecified atom stereocenters. The van der Waals surface area contributed by atoms with Gasteiger partial charge in [0, 0.05) is 23.2 Å². The summed E-state index contributed by atoms with van der Waals surface area (Å²) in [5, 5.41) is 7.69. The highest BCUT2D eigenvalue weighted by atomic mass is 16.5. The average Bonchev–Trinajstić information content (AvgIpc) is 3.31. The van der Waals surface area contributed by atoms with Crippen LogP contribution < -0.4 is 10.1 Å². The summed E-state index contributed by atoms with van der Waals surface area (Å²) in [4.78, 5) is 17.3. The Labute approximate surface area is 155 Å². The number of nitrogens with zero attached hydrogens (tertiary/aromatic N) is 3. The Bertz CT molecular complexity index is 829. The molecule has 0 spiro atoms. The molecule has 6 heteroatoms. The van der Waals surface area contributed by atoms with Gasteiger partial charge in [-0.05, 0) is 53.5 Å². The van der Waals surface area contributed by atoms with E-state index in [1.807, 2.05) is 24.6 Å². The van der Waals surface area contributed by atoms with Gasteiger partial charge in [-0.15, -0.1) is 0 Å². The van der Waals surface area contributed by atoms with Gasteiger partial charge in [0.1, 0.15) is 11.4 Å². The van der Waals surface area contributed by atoms with E-state index in [4.69, 9.17) is 9.84 Å². The SMILES string of the molecule is COc1c(C)cnc(CNC(=O)c2cc(C3CC3)nn2C(C)(C)C)c1C. The fourth-order valence-corrected chi connectivity index (χ4v) is 3.15. The molecule has 140 valence electrons. The van der Waals surface area contributed by atoms with E-state index in [1.165, 1.54) is 0 Å². The smallest absolute Gasteiger partial charge is 0.269 e. The maximum Gasteiger partial charge on any atom is 0.269 e. The number of rotatable bonds is 5. The highest BCUT2D eigenvalue weighted by molar-refractivity contribution is 5.92. The van der Waals surface area contributed by atoms with Crippen LogP contribution in [0.5, 0.6) is 5.75 Å². The van der Waals surface area contributed by atoms with Crippen molar-refractivity contribution in [2.24, 2.45) is 0 Å². The van der Waals surface area contributed by atoms with Crippen LogP contribution in [0.4, 0.5) is 0 Å². The second-order valence-corrected chi connectivity index (χ2v) is 8.04. The first-order chi connectivity index (χ1) is 12.2. The van der Waals surface area contributed by atoms with Crippen LogP contribution in [-0.2, 0) is 12.1 Å². The molecule has 1 fully saturated rings. The van der Waals surface area contributed by atoms with E-state index in [-0.39, 0.29) is 11.4 Å². The zero-order chi connectivity index (χ0) is 19.1. The van der Waals surface area contributed by atoms with E-state index in [0.717, 1.165) is 41.1 Å². The van der Waals surface area contributed by atoms with Gasteiger partial charge in [0.05, 0.1) is 30.6 Å². The van der Waals surface area contributed by atoms with Crippen molar-refractivity contribution in [3.63, 3.8) is 0 Å². The number of methoxy groups -OCH3 is 1. The van der Waals surface area contributed by atoms with Crippen LogP contribution in [0.3, 0.4) is 0 Å². The maximum atomic E-state index is 12.8. The van der Waals surface area contributed by atoms with E-state index < -0.39 is 0 Å². The molecule has 0 radical (unpaired) electrons. The summed E-state index contributed by atoms with van der Waals surface area (Å²) in [5.74, 6) is 1.20. The third-order valence-electron chi connectivity index (χ3n) is 4.76. The second-order valence-electron chi connectivity index (χ2n) is 8.04. The first-order valence-corrected chi connectivity index (χ1v) is 9.10. The van der Waals surface area contributed by atoms with Gasteiger partial charge in [-0.2, -0.15) is 5.10 Å². The Balaban J connectivity index is 1.81. The summed E-state index contributed by atoms with van der Waals surface area (Å²) >= 11 is 0. The lowest BCUT2D eigenvalue weighted by Gasteiger charge is -2.22. The first-order valence-electron chi connectivity index (χ1n) is 9.10. The van der Waals surface area contributed by atoms with Crippen molar-refractivity contribution in [2.75, 3.05) is 7.11 Å². The minimum atomic E-state index is -0.249. The number of ether oxygens (including phenoxy) is 1. The standard InChI is InChI=1S/C20H28N4O2/c1-12-10-21-16(13(2)18(12)26-6)11-22-19(25)17-9-15(14-7-8-14)23-24(17)20(3,4)5/h9-10,14H,7-8,11H2,1-6H3,(H,22,25). The Morgan fingerprint density at radius 2 is 2.04 bits per heavy atom. The number of pyridine rings is 1. The lowest BCUT2D eigenvalue weighted by atomic mass is 10.1. The molecule has 1 saturated carbocycles. The molecule has 2 heterocycles. The largest absolute Gasteiger partial charge is 0.496 e. The van der Waals surface area contributed by atoms with Gasteiger partial charge in [0.2, 0.25) is 0 Å². The van der Waals surface area contributed by atoms with Gasteiger partial charge in [0.15, 0.2) is 0 Å². The van der Waals surface area contributed by atoms with E-state index in [2.05, 4.69) is 31.1 Å². The molecule has 1 aliphatic carbocycles. The molecular weight excluding hydrogens is 328 g/mol. The number of aromatic nitrogens is 3. The summed E-state index contributed by atoms with van der Waals surface area (Å²) in [6.45, 7) is 10.5. The number of carbonyl (C=O) groups excluding carboxylic acids is 1. The number of carbonyl (C=O) groups is 1. The van der Waals surface area contributed by atoms with Gasteiger partial charge >= 0.3 is 0 Å². The molecule has 0 atom stereocenters. The fourth-order valence-electron chi connectivity index (χ4n) is 3.15. The van der Waals surface area contributed by atoms with Crippen LogP contribution in [0.15, 0.2) is 12.3 Å². The van der Waals surface area contributed by atoms with Crippen LogP contribution in [0, 0.1) is 13.8 Å². The van der Waals surface area contributed by atoms with Gasteiger partial charge in [-0.25, -0.2) is 0 Å². The molecule has 0 aromatic carbocycles. The molecule has 26 heavy (non-hydrogen) atoms. The van der Waals surface area contributed by atoms with Crippen molar-refractivity contribution >= 4 is 5.91 Å². The molecule has 1 aliphatic rings. The van der Waals surface area contributed by atoms with Gasteiger partial charge in [-0.1, -0.05) is 0 Å². The lowest BCUT2D eigenvalue weighted by molar-refractivity contribution is 0.0932. The molecule has 2 aromatic heterocycles. The van der Waals surface area contributed by atoms with Gasteiger partial charge in [-0.3, -0.25) is 14.5 Å². The molecule has 0 bridgehead atoms.